The molecule has 1 aromatic rings. The Labute approximate surface area is 106 Å². The molecule has 0 atom stereocenters. The third kappa shape index (κ3) is 4.90. The van der Waals surface area contributed by atoms with Gasteiger partial charge < -0.3 is 5.32 Å². The largest absolute Gasteiger partial charge is 0.313 e. The van der Waals surface area contributed by atoms with Gasteiger partial charge in [-0.05, 0) is 31.2 Å². The summed E-state index contributed by atoms with van der Waals surface area (Å²) in [6.07, 6.45) is 4.69. The van der Waals surface area contributed by atoms with E-state index in [2.05, 4.69) is 44.3 Å². The fourth-order valence-electron chi connectivity index (χ4n) is 2.04. The molecule has 0 aliphatic rings. The maximum Gasteiger partial charge on any atom is 0.0694 e. The summed E-state index contributed by atoms with van der Waals surface area (Å²) >= 11 is 0. The van der Waals surface area contributed by atoms with Gasteiger partial charge in [0.2, 0.25) is 0 Å². The first kappa shape index (κ1) is 14.2. The first-order chi connectivity index (χ1) is 8.00. The third-order valence-electron chi connectivity index (χ3n) is 2.93. The molecular formula is C14H27N3. The van der Waals surface area contributed by atoms with Crippen LogP contribution in [0, 0.1) is 5.92 Å². The van der Waals surface area contributed by atoms with Crippen molar-refractivity contribution in [2.24, 2.45) is 13.0 Å². The van der Waals surface area contributed by atoms with Crippen LogP contribution in [0.3, 0.4) is 0 Å². The molecule has 0 bridgehead atoms. The second-order valence-corrected chi connectivity index (χ2v) is 5.58. The zero-order valence-corrected chi connectivity index (χ0v) is 12.0. The summed E-state index contributed by atoms with van der Waals surface area (Å²) < 4.78 is 1.92. The average Bonchev–Trinajstić information content (AvgIpc) is 2.59. The maximum absolute atomic E-state index is 4.51. The molecule has 1 N–H and O–H groups in total. The summed E-state index contributed by atoms with van der Waals surface area (Å²) in [7, 11) is 1.99. The lowest BCUT2D eigenvalue weighted by Crippen LogP contribution is -2.16. The van der Waals surface area contributed by atoms with Crippen molar-refractivity contribution in [3.05, 3.63) is 17.5 Å². The minimum atomic E-state index is 0.503. The van der Waals surface area contributed by atoms with Crippen molar-refractivity contribution in [2.45, 2.75) is 53.0 Å². The van der Waals surface area contributed by atoms with Crippen molar-refractivity contribution < 1.29 is 0 Å². The maximum atomic E-state index is 4.51. The van der Waals surface area contributed by atoms with E-state index in [0.29, 0.717) is 5.92 Å². The van der Waals surface area contributed by atoms with E-state index in [9.17, 15) is 0 Å². The molecular weight excluding hydrogens is 210 g/mol. The van der Waals surface area contributed by atoms with E-state index < -0.39 is 0 Å². The van der Waals surface area contributed by atoms with Crippen LogP contribution in [0.15, 0.2) is 6.20 Å². The fraction of sp³-hybridized carbons (Fsp3) is 0.786. The molecule has 1 heterocycles. The molecule has 0 amide bonds. The lowest BCUT2D eigenvalue weighted by atomic mass is 10.1. The number of aromatic nitrogens is 2. The van der Waals surface area contributed by atoms with Gasteiger partial charge in [-0.2, -0.15) is 5.10 Å². The molecule has 0 saturated carbocycles. The average molecular weight is 237 g/mol. The number of hydrogen-bond acceptors (Lipinski definition) is 2. The zero-order chi connectivity index (χ0) is 12.8. The highest BCUT2D eigenvalue weighted by Crippen LogP contribution is 2.16. The lowest BCUT2D eigenvalue weighted by Gasteiger charge is -2.08. The fourth-order valence-corrected chi connectivity index (χ4v) is 2.04. The minimum Gasteiger partial charge on any atom is -0.313 e. The predicted molar refractivity (Wildman–Crippen MR) is 73.1 cm³/mol. The van der Waals surface area contributed by atoms with Gasteiger partial charge in [-0.15, -0.1) is 0 Å². The number of hydrogen-bond donors (Lipinski definition) is 1. The molecule has 0 saturated heterocycles. The Bertz CT molecular complexity index is 326. The SMILES string of the molecule is CC(C)CCCNCc1cn(C)nc1C(C)C. The van der Waals surface area contributed by atoms with Crippen LogP contribution in [0.2, 0.25) is 0 Å². The molecule has 0 fully saturated rings. The Morgan fingerprint density at radius 2 is 2.00 bits per heavy atom. The molecule has 1 aromatic heterocycles. The third-order valence-corrected chi connectivity index (χ3v) is 2.93. The van der Waals surface area contributed by atoms with Gasteiger partial charge in [-0.25, -0.2) is 0 Å². The molecule has 0 unspecified atom stereocenters. The number of aryl methyl sites for hydroxylation is 1. The molecule has 0 aromatic carbocycles. The van der Waals surface area contributed by atoms with Gasteiger partial charge >= 0.3 is 0 Å². The van der Waals surface area contributed by atoms with Crippen LogP contribution < -0.4 is 5.32 Å². The van der Waals surface area contributed by atoms with Crippen molar-refractivity contribution in [1.29, 1.82) is 0 Å². The molecule has 98 valence electrons. The Morgan fingerprint density at radius 3 is 2.59 bits per heavy atom. The van der Waals surface area contributed by atoms with E-state index in [1.807, 2.05) is 11.7 Å². The molecule has 3 heteroatoms. The molecule has 0 aliphatic carbocycles. The van der Waals surface area contributed by atoms with E-state index in [-0.39, 0.29) is 0 Å². The van der Waals surface area contributed by atoms with Gasteiger partial charge in [0.15, 0.2) is 0 Å². The highest BCUT2D eigenvalue weighted by atomic mass is 15.3. The van der Waals surface area contributed by atoms with Gasteiger partial charge in [0, 0.05) is 25.4 Å². The summed E-state index contributed by atoms with van der Waals surface area (Å²) in [5, 5.41) is 8.03. The van der Waals surface area contributed by atoms with Gasteiger partial charge in [-0.1, -0.05) is 27.7 Å². The van der Waals surface area contributed by atoms with E-state index in [0.717, 1.165) is 19.0 Å². The van der Waals surface area contributed by atoms with Gasteiger partial charge in [0.25, 0.3) is 0 Å². The normalized spacial score (nSPS) is 11.7. The summed E-state index contributed by atoms with van der Waals surface area (Å²) in [6, 6.07) is 0. The van der Waals surface area contributed by atoms with Crippen molar-refractivity contribution in [3.63, 3.8) is 0 Å². The van der Waals surface area contributed by atoms with Gasteiger partial charge in [-0.3, -0.25) is 4.68 Å². The first-order valence-corrected chi connectivity index (χ1v) is 6.73. The van der Waals surface area contributed by atoms with E-state index in [1.54, 1.807) is 0 Å². The molecule has 0 radical (unpaired) electrons. The molecule has 3 nitrogen and oxygen atoms in total. The van der Waals surface area contributed by atoms with Crippen LogP contribution >= 0.6 is 0 Å². The number of rotatable bonds is 7. The molecule has 0 spiro atoms. The summed E-state index contributed by atoms with van der Waals surface area (Å²) in [4.78, 5) is 0. The quantitative estimate of drug-likeness (QED) is 0.739. The second-order valence-electron chi connectivity index (χ2n) is 5.58. The van der Waals surface area contributed by atoms with Crippen molar-refractivity contribution in [1.82, 2.24) is 15.1 Å². The van der Waals surface area contributed by atoms with Crippen molar-refractivity contribution >= 4 is 0 Å². The van der Waals surface area contributed by atoms with Crippen molar-refractivity contribution in [2.75, 3.05) is 6.54 Å². The van der Waals surface area contributed by atoms with Gasteiger partial charge in [0.1, 0.15) is 0 Å². The van der Waals surface area contributed by atoms with Crippen LogP contribution in [0.5, 0.6) is 0 Å². The van der Waals surface area contributed by atoms with Crippen molar-refractivity contribution in [3.8, 4) is 0 Å². The molecule has 1 rings (SSSR count). The topological polar surface area (TPSA) is 29.9 Å². The van der Waals surface area contributed by atoms with E-state index in [1.165, 1.54) is 24.1 Å². The standard InChI is InChI=1S/C14H27N3/c1-11(2)7-6-8-15-9-13-10-17(5)16-14(13)12(3)4/h10-12,15H,6-9H2,1-5H3. The Balaban J connectivity index is 2.36. The smallest absolute Gasteiger partial charge is 0.0694 e. The van der Waals surface area contributed by atoms with E-state index in [4.69, 9.17) is 0 Å². The van der Waals surface area contributed by atoms with Crippen LogP contribution in [-0.2, 0) is 13.6 Å². The molecule has 0 aliphatic heterocycles. The van der Waals surface area contributed by atoms with Gasteiger partial charge in [0.05, 0.1) is 5.69 Å². The highest BCUT2D eigenvalue weighted by Gasteiger charge is 2.10. The Morgan fingerprint density at radius 1 is 1.29 bits per heavy atom. The Hall–Kier alpha value is -0.830. The summed E-state index contributed by atoms with van der Waals surface area (Å²) in [5.41, 5.74) is 2.57. The van der Waals surface area contributed by atoms with Crippen LogP contribution in [0.4, 0.5) is 0 Å². The van der Waals surface area contributed by atoms with Crippen LogP contribution in [-0.4, -0.2) is 16.3 Å². The number of nitrogens with zero attached hydrogens (tertiary/aromatic N) is 2. The summed E-state index contributed by atoms with van der Waals surface area (Å²) in [5.74, 6) is 1.31. The lowest BCUT2D eigenvalue weighted by molar-refractivity contribution is 0.526. The summed E-state index contributed by atoms with van der Waals surface area (Å²) in [6.45, 7) is 11.0. The van der Waals surface area contributed by atoms with Crippen LogP contribution in [0.1, 0.15) is 57.7 Å². The Kier molecular flexibility index (Phi) is 5.69. The zero-order valence-electron chi connectivity index (χ0n) is 12.0. The predicted octanol–water partition coefficient (Wildman–Crippen LogP) is 3.07. The van der Waals surface area contributed by atoms with E-state index >= 15 is 0 Å². The van der Waals surface area contributed by atoms with Crippen LogP contribution in [0.25, 0.3) is 0 Å². The minimum absolute atomic E-state index is 0.503. The molecule has 17 heavy (non-hydrogen) atoms. The monoisotopic (exact) mass is 237 g/mol. The first-order valence-electron chi connectivity index (χ1n) is 6.73. The second kappa shape index (κ2) is 6.80. The highest BCUT2D eigenvalue weighted by molar-refractivity contribution is 5.19. The number of nitrogens with one attached hydrogen (secondary N) is 1.